The van der Waals surface area contributed by atoms with Crippen LogP contribution < -0.4 is 0 Å². The second kappa shape index (κ2) is 5.70. The van der Waals surface area contributed by atoms with Crippen LogP contribution in [0.4, 0.5) is 0 Å². The summed E-state index contributed by atoms with van der Waals surface area (Å²) in [5.74, 6) is 0.854. The van der Waals surface area contributed by atoms with Gasteiger partial charge in [-0.25, -0.2) is 9.67 Å². The predicted molar refractivity (Wildman–Crippen MR) is 80.8 cm³/mol. The minimum absolute atomic E-state index is 0.854. The predicted octanol–water partition coefficient (Wildman–Crippen LogP) is 3.89. The van der Waals surface area contributed by atoms with Gasteiger partial charge in [0.15, 0.2) is 5.82 Å². The van der Waals surface area contributed by atoms with Gasteiger partial charge in [-0.05, 0) is 24.1 Å². The normalized spacial score (nSPS) is 10.7. The van der Waals surface area contributed by atoms with E-state index in [0.717, 1.165) is 29.9 Å². The molecule has 0 aliphatic rings. The third kappa shape index (κ3) is 2.48. The van der Waals surface area contributed by atoms with Gasteiger partial charge in [0.05, 0.1) is 5.69 Å². The molecule has 0 N–H and O–H groups in total. The summed E-state index contributed by atoms with van der Waals surface area (Å²) in [6.45, 7) is 2.19. The summed E-state index contributed by atoms with van der Waals surface area (Å²) in [5.41, 5.74) is 3.48. The Bertz CT molecular complexity index is 672. The second-order valence-electron chi connectivity index (χ2n) is 4.75. The van der Waals surface area contributed by atoms with Gasteiger partial charge in [-0.1, -0.05) is 49.7 Å². The zero-order valence-electron chi connectivity index (χ0n) is 11.5. The molecule has 0 atom stereocenters. The van der Waals surface area contributed by atoms with Crippen molar-refractivity contribution in [2.75, 3.05) is 0 Å². The van der Waals surface area contributed by atoms with E-state index in [1.54, 1.807) is 6.20 Å². The second-order valence-corrected chi connectivity index (χ2v) is 4.75. The summed E-state index contributed by atoms with van der Waals surface area (Å²) >= 11 is 0. The molecule has 3 nitrogen and oxygen atoms in total. The van der Waals surface area contributed by atoms with Gasteiger partial charge in [0.2, 0.25) is 0 Å². The lowest BCUT2D eigenvalue weighted by Crippen LogP contribution is -1.97. The Kier molecular flexibility index (Phi) is 3.59. The van der Waals surface area contributed by atoms with E-state index in [-0.39, 0.29) is 0 Å². The van der Waals surface area contributed by atoms with Gasteiger partial charge >= 0.3 is 0 Å². The monoisotopic (exact) mass is 263 g/mol. The van der Waals surface area contributed by atoms with E-state index in [4.69, 9.17) is 5.10 Å². The average molecular weight is 263 g/mol. The minimum Gasteiger partial charge on any atom is -0.237 e. The van der Waals surface area contributed by atoms with Crippen molar-refractivity contribution in [3.63, 3.8) is 0 Å². The Morgan fingerprint density at radius 3 is 2.50 bits per heavy atom. The highest BCUT2D eigenvalue weighted by atomic mass is 15.3. The fraction of sp³-hybridized carbons (Fsp3) is 0.176. The third-order valence-corrected chi connectivity index (χ3v) is 3.24. The standard InChI is InChI=1S/C17H17N3/c1-2-8-15-13-20(16-11-6-7-12-18-16)19-17(15)14-9-4-3-5-10-14/h3-7,9-13H,2,8H2,1H3. The summed E-state index contributed by atoms with van der Waals surface area (Å²) in [5, 5.41) is 4.72. The molecule has 0 spiro atoms. The molecule has 2 aromatic heterocycles. The maximum absolute atomic E-state index is 4.72. The number of nitrogens with zero attached hydrogens (tertiary/aromatic N) is 3. The van der Waals surface area contributed by atoms with Gasteiger partial charge in [0.25, 0.3) is 0 Å². The number of hydrogen-bond acceptors (Lipinski definition) is 2. The van der Waals surface area contributed by atoms with Gasteiger partial charge < -0.3 is 0 Å². The smallest absolute Gasteiger partial charge is 0.153 e. The molecule has 100 valence electrons. The van der Waals surface area contributed by atoms with E-state index >= 15 is 0 Å². The van der Waals surface area contributed by atoms with E-state index in [1.807, 2.05) is 41.1 Å². The van der Waals surface area contributed by atoms with Gasteiger partial charge in [-0.3, -0.25) is 0 Å². The van der Waals surface area contributed by atoms with E-state index in [2.05, 4.69) is 30.2 Å². The largest absolute Gasteiger partial charge is 0.237 e. The fourth-order valence-corrected chi connectivity index (χ4v) is 2.31. The first-order valence-electron chi connectivity index (χ1n) is 6.94. The van der Waals surface area contributed by atoms with Crippen LogP contribution in [0.3, 0.4) is 0 Å². The van der Waals surface area contributed by atoms with E-state index in [9.17, 15) is 0 Å². The lowest BCUT2D eigenvalue weighted by molar-refractivity contribution is 0.847. The van der Waals surface area contributed by atoms with Crippen molar-refractivity contribution in [3.8, 4) is 17.1 Å². The van der Waals surface area contributed by atoms with Crippen LogP contribution in [0.25, 0.3) is 17.1 Å². The van der Waals surface area contributed by atoms with Crippen molar-refractivity contribution in [2.45, 2.75) is 19.8 Å². The maximum Gasteiger partial charge on any atom is 0.153 e. The van der Waals surface area contributed by atoms with Crippen LogP contribution >= 0.6 is 0 Å². The van der Waals surface area contributed by atoms with Crippen LogP contribution in [-0.4, -0.2) is 14.8 Å². The Morgan fingerprint density at radius 1 is 1.00 bits per heavy atom. The molecule has 0 unspecified atom stereocenters. The SMILES string of the molecule is CCCc1cn(-c2ccccn2)nc1-c1ccccc1. The quantitative estimate of drug-likeness (QED) is 0.715. The lowest BCUT2D eigenvalue weighted by atomic mass is 10.1. The van der Waals surface area contributed by atoms with Crippen LogP contribution in [0, 0.1) is 0 Å². The average Bonchev–Trinajstić information content (AvgIpc) is 2.94. The summed E-state index contributed by atoms with van der Waals surface area (Å²) in [7, 11) is 0. The molecule has 0 aliphatic carbocycles. The van der Waals surface area contributed by atoms with Crippen LogP contribution in [0.1, 0.15) is 18.9 Å². The molecule has 3 rings (SSSR count). The zero-order chi connectivity index (χ0) is 13.8. The van der Waals surface area contributed by atoms with Crippen LogP contribution in [0.15, 0.2) is 60.9 Å². The molecule has 0 amide bonds. The summed E-state index contributed by atoms with van der Waals surface area (Å²) < 4.78 is 1.87. The molecule has 0 fully saturated rings. The highest BCUT2D eigenvalue weighted by Gasteiger charge is 2.11. The summed E-state index contributed by atoms with van der Waals surface area (Å²) in [4.78, 5) is 4.36. The molecular formula is C17H17N3. The minimum atomic E-state index is 0.854. The molecule has 0 radical (unpaired) electrons. The maximum atomic E-state index is 4.72. The Labute approximate surface area is 118 Å². The van der Waals surface area contributed by atoms with Crippen molar-refractivity contribution in [3.05, 3.63) is 66.5 Å². The summed E-state index contributed by atoms with van der Waals surface area (Å²) in [6, 6.07) is 16.2. The molecule has 3 aromatic rings. The van der Waals surface area contributed by atoms with Crippen molar-refractivity contribution < 1.29 is 0 Å². The van der Waals surface area contributed by atoms with Gasteiger partial charge in [-0.15, -0.1) is 0 Å². The van der Waals surface area contributed by atoms with Crippen LogP contribution in [0.2, 0.25) is 0 Å². The number of hydrogen-bond donors (Lipinski definition) is 0. The van der Waals surface area contributed by atoms with Crippen molar-refractivity contribution in [1.82, 2.24) is 14.8 Å². The molecule has 0 bridgehead atoms. The van der Waals surface area contributed by atoms with E-state index in [1.165, 1.54) is 5.56 Å². The van der Waals surface area contributed by atoms with Gasteiger partial charge in [-0.2, -0.15) is 5.10 Å². The molecule has 0 saturated carbocycles. The Morgan fingerprint density at radius 2 is 1.80 bits per heavy atom. The number of rotatable bonds is 4. The van der Waals surface area contributed by atoms with E-state index < -0.39 is 0 Å². The highest BCUT2D eigenvalue weighted by Crippen LogP contribution is 2.24. The number of benzene rings is 1. The first-order valence-corrected chi connectivity index (χ1v) is 6.94. The third-order valence-electron chi connectivity index (χ3n) is 3.24. The van der Waals surface area contributed by atoms with Crippen molar-refractivity contribution in [2.24, 2.45) is 0 Å². The zero-order valence-corrected chi connectivity index (χ0v) is 11.5. The van der Waals surface area contributed by atoms with Crippen LogP contribution in [-0.2, 0) is 6.42 Å². The Hall–Kier alpha value is -2.42. The van der Waals surface area contributed by atoms with Crippen molar-refractivity contribution in [1.29, 1.82) is 0 Å². The number of pyridine rings is 1. The first-order chi connectivity index (χ1) is 9.88. The van der Waals surface area contributed by atoms with Gasteiger partial charge in [0.1, 0.15) is 0 Å². The molecule has 1 aromatic carbocycles. The number of aromatic nitrogens is 3. The molecule has 3 heteroatoms. The lowest BCUT2D eigenvalue weighted by Gasteiger charge is -2.00. The number of aryl methyl sites for hydroxylation is 1. The molecule has 0 aliphatic heterocycles. The molecule has 2 heterocycles. The summed E-state index contributed by atoms with van der Waals surface area (Å²) in [6.07, 6.45) is 6.01. The van der Waals surface area contributed by atoms with Crippen LogP contribution in [0.5, 0.6) is 0 Å². The van der Waals surface area contributed by atoms with E-state index in [0.29, 0.717) is 0 Å². The van der Waals surface area contributed by atoms with Crippen molar-refractivity contribution >= 4 is 0 Å². The molecular weight excluding hydrogens is 246 g/mol. The fourth-order valence-electron chi connectivity index (χ4n) is 2.31. The first kappa shape index (κ1) is 12.6. The molecule has 20 heavy (non-hydrogen) atoms. The van der Waals surface area contributed by atoms with Gasteiger partial charge in [0, 0.05) is 18.0 Å². The topological polar surface area (TPSA) is 30.7 Å². The molecule has 0 saturated heterocycles. The Balaban J connectivity index is 2.08. The highest BCUT2D eigenvalue weighted by molar-refractivity contribution is 5.63.